The minimum Gasteiger partial charge on any atom is -0.394 e. The lowest BCUT2D eigenvalue weighted by Crippen LogP contribution is -2.65. The number of carbonyl (C=O) groups is 1. The number of carbonyl (C=O) groups excluding carboxylic acids is 1. The minimum absolute atomic E-state index is 0.237. The van der Waals surface area contributed by atoms with Crippen LogP contribution in [0.25, 0.3) is 0 Å². The lowest BCUT2D eigenvalue weighted by Gasteiger charge is -2.46. The van der Waals surface area contributed by atoms with Crippen molar-refractivity contribution >= 4 is 5.91 Å². The average Bonchev–Trinajstić information content (AvgIpc) is 3.46. The summed E-state index contributed by atoms with van der Waals surface area (Å²) in [5.74, 6) is -0.237. The topological polar surface area (TPSA) is 228 Å². The van der Waals surface area contributed by atoms with Gasteiger partial charge in [0.1, 0.15) is 48.8 Å². The standard InChI is InChI=1S/C64H123NO13/c1-3-5-7-9-11-13-15-16-17-18-19-20-21-22-23-24-25-26-27-28-29-30-31-32-33-34-35-36-38-39-41-43-45-47-53(68)52(65-56(69)48-46-44-42-40-37-14-12-10-8-6-4-2)51-75-63-61(74)59(72)62(55(50-67)77-63)78-64-60(73)58(71)57(70)54(49-66)76-64/h45,47,52-55,57-64,66-68,70-74H,3-44,46,48-51H2,1-2H3,(H,65,69)/b47-45+. The number of unbranched alkanes of at least 4 members (excludes halogenated alkanes) is 41. The van der Waals surface area contributed by atoms with Gasteiger partial charge in [-0.2, -0.15) is 0 Å². The quantitative estimate of drug-likeness (QED) is 0.0204. The number of aliphatic hydroxyl groups is 8. The van der Waals surface area contributed by atoms with Crippen LogP contribution in [0.15, 0.2) is 12.2 Å². The molecule has 0 saturated carbocycles. The van der Waals surface area contributed by atoms with Crippen LogP contribution >= 0.6 is 0 Å². The summed E-state index contributed by atoms with van der Waals surface area (Å²) in [4.78, 5) is 13.2. The molecule has 0 bridgehead atoms. The van der Waals surface area contributed by atoms with Crippen LogP contribution in [-0.2, 0) is 23.7 Å². The fourth-order valence-electron chi connectivity index (χ4n) is 11.2. The van der Waals surface area contributed by atoms with E-state index in [2.05, 4.69) is 19.2 Å². The molecule has 2 aliphatic heterocycles. The number of hydrogen-bond donors (Lipinski definition) is 9. The van der Waals surface area contributed by atoms with Gasteiger partial charge in [0.2, 0.25) is 5.91 Å². The van der Waals surface area contributed by atoms with E-state index >= 15 is 0 Å². The molecule has 12 atom stereocenters. The van der Waals surface area contributed by atoms with E-state index < -0.39 is 86.8 Å². The van der Waals surface area contributed by atoms with Crippen LogP contribution in [0.1, 0.15) is 296 Å². The summed E-state index contributed by atoms with van der Waals surface area (Å²) in [5.41, 5.74) is 0. The monoisotopic (exact) mass is 1110 g/mol. The maximum atomic E-state index is 13.2. The molecular formula is C64H123NO13. The summed E-state index contributed by atoms with van der Waals surface area (Å²) in [6.07, 6.45) is 42.9. The van der Waals surface area contributed by atoms with Crippen LogP contribution < -0.4 is 5.32 Å². The van der Waals surface area contributed by atoms with Crippen LogP contribution in [-0.4, -0.2) is 140 Å². The van der Waals surface area contributed by atoms with E-state index in [1.807, 2.05) is 6.08 Å². The first kappa shape index (κ1) is 72.8. The fourth-order valence-corrected chi connectivity index (χ4v) is 11.2. The molecule has 0 aliphatic carbocycles. The molecule has 0 aromatic rings. The molecule has 2 aliphatic rings. The zero-order chi connectivity index (χ0) is 56.7. The molecule has 14 nitrogen and oxygen atoms in total. The molecule has 2 fully saturated rings. The number of aliphatic hydroxyl groups excluding tert-OH is 8. The molecule has 0 radical (unpaired) electrons. The summed E-state index contributed by atoms with van der Waals surface area (Å²) < 4.78 is 22.8. The van der Waals surface area contributed by atoms with Gasteiger partial charge < -0.3 is 65.1 Å². The lowest BCUT2D eigenvalue weighted by atomic mass is 9.97. The number of ether oxygens (including phenoxy) is 4. The maximum absolute atomic E-state index is 13.2. The molecule has 78 heavy (non-hydrogen) atoms. The van der Waals surface area contributed by atoms with Crippen molar-refractivity contribution in [3.05, 3.63) is 12.2 Å². The molecule has 14 heteroatoms. The van der Waals surface area contributed by atoms with Crippen LogP contribution in [0.2, 0.25) is 0 Å². The summed E-state index contributed by atoms with van der Waals surface area (Å²) in [6.45, 7) is 2.82. The number of rotatable bonds is 54. The third-order valence-electron chi connectivity index (χ3n) is 16.5. The highest BCUT2D eigenvalue weighted by Gasteiger charge is 2.51. The molecule has 0 spiro atoms. The predicted octanol–water partition coefficient (Wildman–Crippen LogP) is 12.2. The Balaban J connectivity index is 1.61. The average molecular weight is 1110 g/mol. The van der Waals surface area contributed by atoms with E-state index in [4.69, 9.17) is 18.9 Å². The van der Waals surface area contributed by atoms with Gasteiger partial charge in [0.15, 0.2) is 12.6 Å². The number of nitrogens with one attached hydrogen (secondary N) is 1. The van der Waals surface area contributed by atoms with E-state index in [0.29, 0.717) is 6.42 Å². The van der Waals surface area contributed by atoms with Gasteiger partial charge in [-0.3, -0.25) is 4.79 Å². The highest BCUT2D eigenvalue weighted by Crippen LogP contribution is 2.30. The summed E-state index contributed by atoms with van der Waals surface area (Å²) in [7, 11) is 0. The smallest absolute Gasteiger partial charge is 0.220 e. The third kappa shape index (κ3) is 35.0. The van der Waals surface area contributed by atoms with E-state index in [0.717, 1.165) is 38.5 Å². The lowest BCUT2D eigenvalue weighted by molar-refractivity contribution is -0.359. The van der Waals surface area contributed by atoms with E-state index in [1.165, 1.54) is 231 Å². The first-order valence-electron chi connectivity index (χ1n) is 32.9. The first-order valence-corrected chi connectivity index (χ1v) is 32.9. The van der Waals surface area contributed by atoms with Gasteiger partial charge >= 0.3 is 0 Å². The molecule has 0 aromatic heterocycles. The van der Waals surface area contributed by atoms with Crippen molar-refractivity contribution in [2.24, 2.45) is 0 Å². The number of amides is 1. The first-order chi connectivity index (χ1) is 38.1. The fraction of sp³-hybridized carbons (Fsp3) is 0.953. The Kier molecular flexibility index (Phi) is 46.9. The van der Waals surface area contributed by atoms with Gasteiger partial charge in [0.25, 0.3) is 0 Å². The van der Waals surface area contributed by atoms with Gasteiger partial charge in [-0.25, -0.2) is 0 Å². The predicted molar refractivity (Wildman–Crippen MR) is 314 cm³/mol. The second kappa shape index (κ2) is 50.3. The van der Waals surface area contributed by atoms with Gasteiger partial charge in [-0.1, -0.05) is 283 Å². The Labute approximate surface area is 476 Å². The van der Waals surface area contributed by atoms with E-state index in [9.17, 15) is 45.6 Å². The Morgan fingerprint density at radius 2 is 0.795 bits per heavy atom. The molecular weight excluding hydrogens is 991 g/mol. The maximum Gasteiger partial charge on any atom is 0.220 e. The molecule has 0 aromatic carbocycles. The zero-order valence-electron chi connectivity index (χ0n) is 49.9. The summed E-state index contributed by atoms with van der Waals surface area (Å²) in [6, 6.07) is -0.909. The molecule has 9 N–H and O–H groups in total. The van der Waals surface area contributed by atoms with Crippen LogP contribution in [0.5, 0.6) is 0 Å². The Bertz CT molecular complexity index is 1360. The second-order valence-corrected chi connectivity index (χ2v) is 23.6. The molecule has 1 amide bonds. The second-order valence-electron chi connectivity index (χ2n) is 23.6. The van der Waals surface area contributed by atoms with Crippen molar-refractivity contribution in [1.82, 2.24) is 5.32 Å². The van der Waals surface area contributed by atoms with Crippen molar-refractivity contribution < 1.29 is 64.6 Å². The van der Waals surface area contributed by atoms with Crippen LogP contribution in [0.3, 0.4) is 0 Å². The van der Waals surface area contributed by atoms with Crippen molar-refractivity contribution in [3.8, 4) is 0 Å². The van der Waals surface area contributed by atoms with Crippen molar-refractivity contribution in [2.75, 3.05) is 19.8 Å². The molecule has 462 valence electrons. The largest absolute Gasteiger partial charge is 0.394 e. The summed E-state index contributed by atoms with van der Waals surface area (Å²) in [5, 5.41) is 87.1. The number of allylic oxidation sites excluding steroid dienone is 1. The van der Waals surface area contributed by atoms with Crippen molar-refractivity contribution in [3.63, 3.8) is 0 Å². The Morgan fingerprint density at radius 3 is 1.18 bits per heavy atom. The van der Waals surface area contributed by atoms with Gasteiger partial charge in [-0.15, -0.1) is 0 Å². The highest BCUT2D eigenvalue weighted by atomic mass is 16.7. The van der Waals surface area contributed by atoms with Crippen molar-refractivity contribution in [2.45, 2.75) is 370 Å². The molecule has 2 saturated heterocycles. The van der Waals surface area contributed by atoms with Gasteiger partial charge in [0.05, 0.1) is 32.0 Å². The van der Waals surface area contributed by atoms with Gasteiger partial charge in [0, 0.05) is 6.42 Å². The summed E-state index contributed by atoms with van der Waals surface area (Å²) >= 11 is 0. The Morgan fingerprint density at radius 1 is 0.449 bits per heavy atom. The minimum atomic E-state index is -1.79. The molecule has 2 rings (SSSR count). The normalized spacial score (nSPS) is 24.5. The van der Waals surface area contributed by atoms with Crippen LogP contribution in [0, 0.1) is 0 Å². The van der Waals surface area contributed by atoms with E-state index in [-0.39, 0.29) is 18.9 Å². The highest BCUT2D eigenvalue weighted by molar-refractivity contribution is 5.76. The van der Waals surface area contributed by atoms with Gasteiger partial charge in [-0.05, 0) is 19.3 Å². The molecule has 12 unspecified atom stereocenters. The Hall–Kier alpha value is -1.27. The SMILES string of the molecule is CCCCCCCCCCCCCCCCCCCCCCCCCCCCCCCCC/C=C/C(O)C(COC1OC(CO)C(OC2OC(CO)C(O)C(O)C2O)C(O)C1O)NC(=O)CCCCCCCCCCCCC. The van der Waals surface area contributed by atoms with E-state index in [1.54, 1.807) is 6.08 Å². The zero-order valence-corrected chi connectivity index (χ0v) is 49.9. The molecule has 2 heterocycles. The van der Waals surface area contributed by atoms with Crippen LogP contribution in [0.4, 0.5) is 0 Å². The number of hydrogen-bond acceptors (Lipinski definition) is 13. The van der Waals surface area contributed by atoms with Crippen molar-refractivity contribution in [1.29, 1.82) is 0 Å². The third-order valence-corrected chi connectivity index (χ3v) is 16.5.